The molecule has 0 saturated carbocycles. The van der Waals surface area contributed by atoms with Crippen LogP contribution in [0, 0.1) is 5.82 Å². The molecule has 2 aromatic rings. The second-order valence-corrected chi connectivity index (χ2v) is 7.67. The molecule has 0 bridgehead atoms. The third-order valence-corrected chi connectivity index (χ3v) is 5.99. The molecule has 2 aromatic carbocycles. The second-order valence-electron chi connectivity index (χ2n) is 7.27. The molecule has 0 aromatic heterocycles. The van der Waals surface area contributed by atoms with Crippen LogP contribution in [0.25, 0.3) is 0 Å². The van der Waals surface area contributed by atoms with Crippen molar-refractivity contribution in [1.82, 2.24) is 0 Å². The second kappa shape index (κ2) is 7.41. The Bertz CT molecular complexity index is 866. The van der Waals surface area contributed by atoms with E-state index in [0.29, 0.717) is 11.6 Å². The third-order valence-electron chi connectivity index (χ3n) is 5.70. The average Bonchev–Trinajstić information content (AvgIpc) is 2.99. The largest absolute Gasteiger partial charge is 0.324 e. The molecule has 0 radical (unpaired) electrons. The molecule has 4 nitrogen and oxygen atoms in total. The molecule has 27 heavy (non-hydrogen) atoms. The van der Waals surface area contributed by atoms with E-state index in [1.807, 2.05) is 6.07 Å². The summed E-state index contributed by atoms with van der Waals surface area (Å²) in [6.07, 6.45) is 2.19. The maximum atomic E-state index is 13.4. The predicted molar refractivity (Wildman–Crippen MR) is 101 cm³/mol. The van der Waals surface area contributed by atoms with Crippen LogP contribution in [-0.4, -0.2) is 30.9 Å². The number of anilines is 1. The predicted octanol–water partition coefficient (Wildman–Crippen LogP) is 2.57. The molecule has 2 aliphatic heterocycles. The maximum Gasteiger partial charge on any atom is 0.292 e. The van der Waals surface area contributed by atoms with Gasteiger partial charge in [0.25, 0.3) is 5.91 Å². The topological polar surface area (TPSA) is 41.8 Å². The van der Waals surface area contributed by atoms with Crippen molar-refractivity contribution in [3.05, 3.63) is 64.9 Å². The molecule has 1 N–H and O–H groups in total. The summed E-state index contributed by atoms with van der Waals surface area (Å²) in [6.45, 7) is 1.72. The van der Waals surface area contributed by atoms with Crippen LogP contribution in [0.4, 0.5) is 10.1 Å². The molecular weight excluding hydrogens is 367 g/mol. The standard InChI is InChI=1S/C21H20ClFN2O2/c22-17-12-16(6-7-18(17)23)25-20(26)13-19(21(25)27)24-10-8-15(9-11-24)14-4-2-1-3-5-14/h1-7,12,15,19H,8-11,13H2/p+1/t19-/m1/s1. The van der Waals surface area contributed by atoms with Crippen LogP contribution >= 0.6 is 11.6 Å². The zero-order valence-electron chi connectivity index (χ0n) is 14.8. The van der Waals surface area contributed by atoms with Gasteiger partial charge in [-0.3, -0.25) is 9.59 Å². The minimum atomic E-state index is -0.565. The van der Waals surface area contributed by atoms with Gasteiger partial charge in [-0.05, 0) is 29.7 Å². The van der Waals surface area contributed by atoms with E-state index < -0.39 is 5.82 Å². The monoisotopic (exact) mass is 387 g/mol. The summed E-state index contributed by atoms with van der Waals surface area (Å²) in [7, 11) is 0. The molecule has 6 heteroatoms. The molecule has 2 heterocycles. The lowest BCUT2D eigenvalue weighted by Crippen LogP contribution is -3.17. The zero-order chi connectivity index (χ0) is 19.0. The summed E-state index contributed by atoms with van der Waals surface area (Å²) < 4.78 is 13.4. The van der Waals surface area contributed by atoms with Crippen LogP contribution in [0.1, 0.15) is 30.7 Å². The van der Waals surface area contributed by atoms with Crippen molar-refractivity contribution in [3.8, 4) is 0 Å². The number of quaternary nitrogens is 1. The maximum absolute atomic E-state index is 13.4. The molecule has 2 fully saturated rings. The van der Waals surface area contributed by atoms with Gasteiger partial charge in [-0.1, -0.05) is 41.9 Å². The first kappa shape index (κ1) is 18.1. The molecule has 0 aliphatic carbocycles. The number of carbonyl (C=O) groups excluding carboxylic acids is 2. The van der Waals surface area contributed by atoms with Crippen LogP contribution in [0.5, 0.6) is 0 Å². The molecule has 2 saturated heterocycles. The van der Waals surface area contributed by atoms with Gasteiger partial charge in [0.05, 0.1) is 30.2 Å². The van der Waals surface area contributed by atoms with E-state index in [1.165, 1.54) is 23.8 Å². The van der Waals surface area contributed by atoms with Gasteiger partial charge in [-0.25, -0.2) is 9.29 Å². The van der Waals surface area contributed by atoms with Gasteiger partial charge in [0.2, 0.25) is 5.91 Å². The highest BCUT2D eigenvalue weighted by Gasteiger charge is 2.46. The first-order chi connectivity index (χ1) is 13.0. The Kier molecular flexibility index (Phi) is 4.98. The summed E-state index contributed by atoms with van der Waals surface area (Å²) in [5.74, 6) is -0.514. The first-order valence-electron chi connectivity index (χ1n) is 9.26. The van der Waals surface area contributed by atoms with Crippen molar-refractivity contribution in [2.24, 2.45) is 0 Å². The van der Waals surface area contributed by atoms with Crippen LogP contribution in [0.2, 0.25) is 5.02 Å². The fourth-order valence-electron chi connectivity index (χ4n) is 4.24. The number of benzene rings is 2. The summed E-state index contributed by atoms with van der Waals surface area (Å²) >= 11 is 5.82. The number of likely N-dealkylation sites (tertiary alicyclic amines) is 1. The number of halogens is 2. The molecule has 2 amide bonds. The van der Waals surface area contributed by atoms with E-state index in [1.54, 1.807) is 0 Å². The Labute approximate surface area is 162 Å². The van der Waals surface area contributed by atoms with E-state index >= 15 is 0 Å². The highest BCUT2D eigenvalue weighted by atomic mass is 35.5. The van der Waals surface area contributed by atoms with Crippen LogP contribution in [0.15, 0.2) is 48.5 Å². The molecule has 0 unspecified atom stereocenters. The van der Waals surface area contributed by atoms with Crippen molar-refractivity contribution >= 4 is 29.1 Å². The molecule has 140 valence electrons. The fourth-order valence-corrected chi connectivity index (χ4v) is 4.42. The summed E-state index contributed by atoms with van der Waals surface area (Å²) in [4.78, 5) is 27.7. The number of hydrogen-bond acceptors (Lipinski definition) is 2. The third kappa shape index (κ3) is 3.49. The minimum Gasteiger partial charge on any atom is -0.324 e. The van der Waals surface area contributed by atoms with Crippen molar-refractivity contribution in [2.45, 2.75) is 31.2 Å². The number of nitrogens with one attached hydrogen (secondary N) is 1. The van der Waals surface area contributed by atoms with Gasteiger partial charge < -0.3 is 4.90 Å². The number of piperidine rings is 1. The molecule has 1 atom stereocenters. The quantitative estimate of drug-likeness (QED) is 0.822. The summed E-state index contributed by atoms with van der Waals surface area (Å²) in [5.41, 5.74) is 1.69. The van der Waals surface area contributed by atoms with Gasteiger partial charge in [-0.15, -0.1) is 0 Å². The van der Waals surface area contributed by atoms with Crippen LogP contribution in [-0.2, 0) is 9.59 Å². The Hall–Kier alpha value is -2.24. The molecule has 4 rings (SSSR count). The smallest absolute Gasteiger partial charge is 0.292 e. The van der Waals surface area contributed by atoms with Gasteiger partial charge in [0.15, 0.2) is 6.04 Å². The summed E-state index contributed by atoms with van der Waals surface area (Å²) in [5, 5.41) is -0.0902. The number of rotatable bonds is 3. The Morgan fingerprint density at radius 2 is 1.74 bits per heavy atom. The first-order valence-corrected chi connectivity index (χ1v) is 9.64. The molecule has 0 spiro atoms. The minimum absolute atomic E-state index is 0.0902. The highest BCUT2D eigenvalue weighted by Crippen LogP contribution is 2.28. The number of imide groups is 1. The fraction of sp³-hybridized carbons (Fsp3) is 0.333. The van der Waals surface area contributed by atoms with Gasteiger partial charge in [0, 0.05) is 12.8 Å². The Morgan fingerprint density at radius 1 is 1.04 bits per heavy atom. The van der Waals surface area contributed by atoms with E-state index in [2.05, 4.69) is 24.3 Å². The van der Waals surface area contributed by atoms with E-state index in [9.17, 15) is 14.0 Å². The lowest BCUT2D eigenvalue weighted by Gasteiger charge is -2.32. The van der Waals surface area contributed by atoms with Gasteiger partial charge in [-0.2, -0.15) is 0 Å². The normalized spacial score (nSPS) is 25.9. The number of carbonyl (C=O) groups is 2. The molecule has 2 aliphatic rings. The Balaban J connectivity index is 1.45. The van der Waals surface area contributed by atoms with Crippen molar-refractivity contribution < 1.29 is 18.9 Å². The lowest BCUT2D eigenvalue weighted by molar-refractivity contribution is -0.920. The van der Waals surface area contributed by atoms with Crippen molar-refractivity contribution in [3.63, 3.8) is 0 Å². The van der Waals surface area contributed by atoms with E-state index in [4.69, 9.17) is 11.6 Å². The summed E-state index contributed by atoms with van der Waals surface area (Å²) in [6, 6.07) is 14.0. The zero-order valence-corrected chi connectivity index (χ0v) is 15.6. The number of hydrogen-bond donors (Lipinski definition) is 1. The number of nitrogens with zero attached hydrogens (tertiary/aromatic N) is 1. The van der Waals surface area contributed by atoms with Gasteiger partial charge >= 0.3 is 0 Å². The average molecular weight is 388 g/mol. The van der Waals surface area contributed by atoms with Crippen molar-refractivity contribution in [1.29, 1.82) is 0 Å². The highest BCUT2D eigenvalue weighted by molar-refractivity contribution is 6.31. The van der Waals surface area contributed by atoms with Crippen molar-refractivity contribution in [2.75, 3.05) is 18.0 Å². The van der Waals surface area contributed by atoms with E-state index in [0.717, 1.165) is 35.7 Å². The lowest BCUT2D eigenvalue weighted by atomic mass is 9.89. The van der Waals surface area contributed by atoms with Crippen LogP contribution in [0.3, 0.4) is 0 Å². The number of amides is 2. The van der Waals surface area contributed by atoms with E-state index in [-0.39, 0.29) is 29.3 Å². The van der Waals surface area contributed by atoms with Crippen LogP contribution < -0.4 is 9.80 Å². The molecular formula is C21H21ClFN2O2+. The SMILES string of the molecule is O=C1C[C@@H]([NH+]2CCC(c3ccccc3)CC2)C(=O)N1c1ccc(F)c(Cl)c1. The Morgan fingerprint density at radius 3 is 2.41 bits per heavy atom. The van der Waals surface area contributed by atoms with Gasteiger partial charge in [0.1, 0.15) is 5.82 Å².